The maximum atomic E-state index is 12.0. The van der Waals surface area contributed by atoms with Gasteiger partial charge in [0, 0.05) is 10.6 Å². The van der Waals surface area contributed by atoms with Crippen molar-refractivity contribution in [3.63, 3.8) is 0 Å². The van der Waals surface area contributed by atoms with Crippen LogP contribution in [0, 0.1) is 0 Å². The smallest absolute Gasteiger partial charge is 0.280 e. The number of ether oxygens (including phenoxy) is 2. The fourth-order valence-electron chi connectivity index (χ4n) is 2.30. The Morgan fingerprint density at radius 3 is 2.69 bits per heavy atom. The highest BCUT2D eigenvalue weighted by atomic mass is 35.5. The molecular formula is C18H15ClN2O3S2. The van der Waals surface area contributed by atoms with Gasteiger partial charge in [-0.3, -0.25) is 4.79 Å². The molecule has 1 fully saturated rings. The average molecular weight is 407 g/mol. The zero-order chi connectivity index (χ0) is 18.7. The predicted octanol–water partition coefficient (Wildman–Crippen LogP) is 4.00. The Kier molecular flexibility index (Phi) is 5.83. The van der Waals surface area contributed by atoms with Crippen molar-refractivity contribution in [2.24, 2.45) is 5.84 Å². The number of carbonyl (C=O) groups is 1. The molecule has 1 amide bonds. The van der Waals surface area contributed by atoms with Crippen molar-refractivity contribution in [1.29, 1.82) is 0 Å². The molecule has 2 aromatic rings. The normalized spacial score (nSPS) is 15.7. The van der Waals surface area contributed by atoms with Gasteiger partial charge in [0.25, 0.3) is 5.91 Å². The SMILES string of the molecule is COc1cc(/C=C2\SC(=S)N(N)C2=O)ccc1OCc1ccccc1Cl. The maximum absolute atomic E-state index is 12.0. The van der Waals surface area contributed by atoms with Crippen LogP contribution in [0.3, 0.4) is 0 Å². The molecule has 1 heterocycles. The number of nitrogens with zero attached hydrogens (tertiary/aromatic N) is 1. The lowest BCUT2D eigenvalue weighted by Crippen LogP contribution is -2.34. The highest BCUT2D eigenvalue weighted by Gasteiger charge is 2.29. The first-order valence-corrected chi connectivity index (χ1v) is 9.17. The first-order chi connectivity index (χ1) is 12.5. The molecule has 0 aliphatic carbocycles. The van der Waals surface area contributed by atoms with Crippen molar-refractivity contribution in [2.45, 2.75) is 6.61 Å². The van der Waals surface area contributed by atoms with E-state index in [0.717, 1.165) is 27.9 Å². The second-order valence-corrected chi connectivity index (χ2v) is 7.43. The molecule has 26 heavy (non-hydrogen) atoms. The van der Waals surface area contributed by atoms with Crippen molar-refractivity contribution >= 4 is 51.9 Å². The van der Waals surface area contributed by atoms with Gasteiger partial charge >= 0.3 is 0 Å². The van der Waals surface area contributed by atoms with E-state index in [0.29, 0.717) is 32.4 Å². The third-order valence-corrected chi connectivity index (χ3v) is 5.35. The van der Waals surface area contributed by atoms with Crippen LogP contribution in [0.4, 0.5) is 0 Å². The lowest BCUT2D eigenvalue weighted by atomic mass is 10.2. The van der Waals surface area contributed by atoms with E-state index < -0.39 is 0 Å². The number of hydrogen-bond acceptors (Lipinski definition) is 6. The van der Waals surface area contributed by atoms with E-state index in [-0.39, 0.29) is 5.91 Å². The Bertz CT molecular complexity index is 902. The number of methoxy groups -OCH3 is 1. The van der Waals surface area contributed by atoms with Crippen LogP contribution in [-0.4, -0.2) is 22.3 Å². The topological polar surface area (TPSA) is 64.8 Å². The number of thiocarbonyl (C=S) groups is 1. The zero-order valence-corrected chi connectivity index (χ0v) is 16.2. The molecule has 0 atom stereocenters. The molecule has 0 unspecified atom stereocenters. The van der Waals surface area contributed by atoms with E-state index in [4.69, 9.17) is 39.1 Å². The van der Waals surface area contributed by atoms with Crippen LogP contribution < -0.4 is 15.3 Å². The molecule has 2 N–H and O–H groups in total. The molecule has 1 aliphatic rings. The van der Waals surface area contributed by atoms with Gasteiger partial charge in [-0.2, -0.15) is 0 Å². The quantitative estimate of drug-likeness (QED) is 0.350. The summed E-state index contributed by atoms with van der Waals surface area (Å²) in [7, 11) is 1.56. The number of amides is 1. The third kappa shape index (κ3) is 4.02. The van der Waals surface area contributed by atoms with E-state index in [1.807, 2.05) is 30.3 Å². The summed E-state index contributed by atoms with van der Waals surface area (Å²) in [6.07, 6.45) is 1.71. The van der Waals surface area contributed by atoms with Crippen LogP contribution >= 0.6 is 35.6 Å². The number of hydrogen-bond donors (Lipinski definition) is 1. The van der Waals surface area contributed by atoms with Crippen molar-refractivity contribution in [1.82, 2.24) is 5.01 Å². The highest BCUT2D eigenvalue weighted by Crippen LogP contribution is 2.34. The van der Waals surface area contributed by atoms with Gasteiger partial charge in [-0.25, -0.2) is 10.9 Å². The number of benzene rings is 2. The second kappa shape index (κ2) is 8.09. The van der Waals surface area contributed by atoms with Crippen LogP contribution in [0.25, 0.3) is 6.08 Å². The molecule has 0 saturated carbocycles. The van der Waals surface area contributed by atoms with Crippen molar-refractivity contribution in [3.8, 4) is 11.5 Å². The summed E-state index contributed by atoms with van der Waals surface area (Å²) in [6.45, 7) is 0.321. The summed E-state index contributed by atoms with van der Waals surface area (Å²) in [4.78, 5) is 12.5. The molecule has 3 rings (SSSR count). The van der Waals surface area contributed by atoms with Gasteiger partial charge in [-0.05, 0) is 29.8 Å². The number of hydrazine groups is 1. The van der Waals surface area contributed by atoms with E-state index in [1.54, 1.807) is 25.3 Å². The summed E-state index contributed by atoms with van der Waals surface area (Å²) in [6, 6.07) is 12.9. The molecule has 8 heteroatoms. The summed E-state index contributed by atoms with van der Waals surface area (Å²) in [5.74, 6) is 6.39. The van der Waals surface area contributed by atoms with Gasteiger partial charge in [0.15, 0.2) is 15.8 Å². The Labute approximate surface area is 165 Å². The predicted molar refractivity (Wildman–Crippen MR) is 108 cm³/mol. The van der Waals surface area contributed by atoms with Gasteiger partial charge < -0.3 is 9.47 Å². The fraction of sp³-hybridized carbons (Fsp3) is 0.111. The standard InChI is InChI=1S/C18H15ClN2O3S2/c1-23-15-8-11(9-16-17(22)21(20)18(25)26-16)6-7-14(15)24-10-12-4-2-3-5-13(12)19/h2-9H,10,20H2,1H3/b16-9-. The first-order valence-electron chi connectivity index (χ1n) is 7.56. The van der Waals surface area contributed by atoms with E-state index >= 15 is 0 Å². The summed E-state index contributed by atoms with van der Waals surface area (Å²) in [5.41, 5.74) is 1.66. The minimum Gasteiger partial charge on any atom is -0.493 e. The van der Waals surface area contributed by atoms with Crippen LogP contribution in [0.5, 0.6) is 11.5 Å². The Morgan fingerprint density at radius 2 is 2.04 bits per heavy atom. The minimum atomic E-state index is -0.321. The fourth-order valence-corrected chi connectivity index (χ4v) is 3.59. The molecule has 0 bridgehead atoms. The molecular weight excluding hydrogens is 392 g/mol. The van der Waals surface area contributed by atoms with Crippen molar-refractivity contribution < 1.29 is 14.3 Å². The molecule has 1 saturated heterocycles. The Balaban J connectivity index is 1.79. The third-order valence-electron chi connectivity index (χ3n) is 3.65. The highest BCUT2D eigenvalue weighted by molar-refractivity contribution is 8.26. The van der Waals surface area contributed by atoms with Crippen LogP contribution in [0.1, 0.15) is 11.1 Å². The van der Waals surface area contributed by atoms with Gasteiger partial charge in [0.1, 0.15) is 6.61 Å². The first kappa shape index (κ1) is 18.7. The minimum absolute atomic E-state index is 0.321. The monoisotopic (exact) mass is 406 g/mol. The summed E-state index contributed by atoms with van der Waals surface area (Å²) >= 11 is 12.3. The molecule has 134 valence electrons. The molecule has 5 nitrogen and oxygen atoms in total. The lowest BCUT2D eigenvalue weighted by molar-refractivity contribution is -0.122. The van der Waals surface area contributed by atoms with Gasteiger partial charge in [0.2, 0.25) is 0 Å². The van der Waals surface area contributed by atoms with Gasteiger partial charge in [-0.15, -0.1) is 0 Å². The Morgan fingerprint density at radius 1 is 1.27 bits per heavy atom. The molecule has 2 aromatic carbocycles. The number of thioether (sulfide) groups is 1. The molecule has 0 spiro atoms. The van der Waals surface area contributed by atoms with E-state index in [1.165, 1.54) is 0 Å². The number of carbonyl (C=O) groups excluding carboxylic acids is 1. The van der Waals surface area contributed by atoms with Crippen molar-refractivity contribution in [3.05, 3.63) is 63.5 Å². The maximum Gasteiger partial charge on any atom is 0.280 e. The zero-order valence-electron chi connectivity index (χ0n) is 13.8. The number of halogens is 1. The molecule has 1 aliphatic heterocycles. The molecule has 0 radical (unpaired) electrons. The van der Waals surface area contributed by atoms with Crippen LogP contribution in [0.15, 0.2) is 47.4 Å². The number of rotatable bonds is 5. The van der Waals surface area contributed by atoms with E-state index in [2.05, 4.69) is 0 Å². The van der Waals surface area contributed by atoms with Crippen molar-refractivity contribution in [2.75, 3.05) is 7.11 Å². The lowest BCUT2D eigenvalue weighted by Gasteiger charge is -2.12. The summed E-state index contributed by atoms with van der Waals surface area (Å²) < 4.78 is 11.5. The van der Waals surface area contributed by atoms with Crippen LogP contribution in [0.2, 0.25) is 5.02 Å². The Hall–Kier alpha value is -2.06. The van der Waals surface area contributed by atoms with E-state index in [9.17, 15) is 4.79 Å². The second-order valence-electron chi connectivity index (χ2n) is 5.34. The van der Waals surface area contributed by atoms with Gasteiger partial charge in [-0.1, -0.05) is 59.8 Å². The number of nitrogens with two attached hydrogens (primary N) is 1. The summed E-state index contributed by atoms with van der Waals surface area (Å²) in [5, 5.41) is 1.61. The largest absolute Gasteiger partial charge is 0.493 e. The van der Waals surface area contributed by atoms with Crippen LogP contribution in [-0.2, 0) is 11.4 Å². The average Bonchev–Trinajstić information content (AvgIpc) is 2.88. The molecule has 0 aromatic heterocycles. The van der Waals surface area contributed by atoms with Gasteiger partial charge in [0.05, 0.1) is 12.0 Å².